The molecular formula is C27H25NO2. The van der Waals surface area contributed by atoms with Crippen molar-refractivity contribution < 1.29 is 9.47 Å². The zero-order valence-corrected chi connectivity index (χ0v) is 17.3. The number of ether oxygens (including phenoxy) is 2. The highest BCUT2D eigenvalue weighted by Crippen LogP contribution is 2.29. The van der Waals surface area contributed by atoms with Crippen molar-refractivity contribution in [2.75, 3.05) is 7.11 Å². The number of benzene rings is 4. The molecule has 0 saturated carbocycles. The molecule has 0 aliphatic rings. The molecule has 4 aromatic rings. The van der Waals surface area contributed by atoms with Crippen molar-refractivity contribution in [3.05, 3.63) is 102 Å². The average molecular weight is 396 g/mol. The fourth-order valence-corrected chi connectivity index (χ4v) is 3.42. The lowest BCUT2D eigenvalue weighted by Gasteiger charge is -2.12. The van der Waals surface area contributed by atoms with Gasteiger partial charge < -0.3 is 9.47 Å². The SMILES string of the molecule is CCc1ccc(N=Cc2ccc(OCc3cccc4ccccc34)c(OC)c2)cc1. The summed E-state index contributed by atoms with van der Waals surface area (Å²) in [5.41, 5.74) is 4.35. The molecule has 150 valence electrons. The molecule has 30 heavy (non-hydrogen) atoms. The first-order valence-corrected chi connectivity index (χ1v) is 10.2. The monoisotopic (exact) mass is 395 g/mol. The van der Waals surface area contributed by atoms with Gasteiger partial charge in [-0.2, -0.15) is 0 Å². The molecule has 0 aliphatic heterocycles. The zero-order valence-electron chi connectivity index (χ0n) is 17.3. The van der Waals surface area contributed by atoms with Crippen molar-refractivity contribution in [2.24, 2.45) is 4.99 Å². The van der Waals surface area contributed by atoms with E-state index < -0.39 is 0 Å². The molecule has 0 N–H and O–H groups in total. The lowest BCUT2D eigenvalue weighted by molar-refractivity contribution is 0.285. The van der Waals surface area contributed by atoms with Crippen LogP contribution in [0.3, 0.4) is 0 Å². The molecular weight excluding hydrogens is 370 g/mol. The highest BCUT2D eigenvalue weighted by molar-refractivity contribution is 5.85. The lowest BCUT2D eigenvalue weighted by Crippen LogP contribution is -1.99. The van der Waals surface area contributed by atoms with Crippen LogP contribution in [0.4, 0.5) is 5.69 Å². The third-order valence-corrected chi connectivity index (χ3v) is 5.16. The fraction of sp³-hybridized carbons (Fsp3) is 0.148. The molecule has 0 amide bonds. The van der Waals surface area contributed by atoms with Crippen molar-refractivity contribution >= 4 is 22.7 Å². The van der Waals surface area contributed by atoms with E-state index in [1.807, 2.05) is 36.5 Å². The Balaban J connectivity index is 1.49. The van der Waals surface area contributed by atoms with E-state index in [0.717, 1.165) is 29.0 Å². The van der Waals surface area contributed by atoms with Gasteiger partial charge in [-0.05, 0) is 64.2 Å². The van der Waals surface area contributed by atoms with E-state index in [0.29, 0.717) is 12.4 Å². The lowest BCUT2D eigenvalue weighted by atomic mass is 10.1. The maximum Gasteiger partial charge on any atom is 0.161 e. The normalized spacial score (nSPS) is 11.1. The van der Waals surface area contributed by atoms with Crippen LogP contribution >= 0.6 is 0 Å². The Hall–Kier alpha value is -3.59. The Morgan fingerprint density at radius 2 is 1.63 bits per heavy atom. The standard InChI is InChI=1S/C27H25NO2/c1-3-20-11-14-24(15-12-20)28-18-21-13-16-26(27(17-21)29-2)30-19-23-9-6-8-22-7-4-5-10-25(22)23/h4-18H,3,19H2,1-2H3. The first-order valence-electron chi connectivity index (χ1n) is 10.2. The van der Waals surface area contributed by atoms with Gasteiger partial charge in [-0.25, -0.2) is 0 Å². The summed E-state index contributed by atoms with van der Waals surface area (Å²) in [5, 5.41) is 2.42. The molecule has 0 aliphatic carbocycles. The smallest absolute Gasteiger partial charge is 0.161 e. The number of hydrogen-bond acceptors (Lipinski definition) is 3. The van der Waals surface area contributed by atoms with E-state index in [1.165, 1.54) is 16.3 Å². The van der Waals surface area contributed by atoms with Crippen molar-refractivity contribution in [1.82, 2.24) is 0 Å². The number of rotatable bonds is 7. The average Bonchev–Trinajstić information content (AvgIpc) is 2.82. The van der Waals surface area contributed by atoms with Crippen molar-refractivity contribution in [1.29, 1.82) is 0 Å². The molecule has 0 bridgehead atoms. The molecule has 0 atom stereocenters. The highest BCUT2D eigenvalue weighted by atomic mass is 16.5. The Morgan fingerprint density at radius 3 is 2.43 bits per heavy atom. The summed E-state index contributed by atoms with van der Waals surface area (Å²) in [6.45, 7) is 2.63. The topological polar surface area (TPSA) is 30.8 Å². The molecule has 0 radical (unpaired) electrons. The van der Waals surface area contributed by atoms with Crippen LogP contribution in [0.25, 0.3) is 10.8 Å². The third-order valence-electron chi connectivity index (χ3n) is 5.16. The van der Waals surface area contributed by atoms with E-state index in [2.05, 4.69) is 66.5 Å². The van der Waals surface area contributed by atoms with Gasteiger partial charge in [0.15, 0.2) is 11.5 Å². The van der Waals surface area contributed by atoms with Gasteiger partial charge in [-0.3, -0.25) is 4.99 Å². The minimum atomic E-state index is 0.481. The summed E-state index contributed by atoms with van der Waals surface area (Å²) in [6.07, 6.45) is 2.87. The number of aryl methyl sites for hydroxylation is 1. The van der Waals surface area contributed by atoms with Crippen LogP contribution in [-0.2, 0) is 13.0 Å². The second-order valence-electron chi connectivity index (χ2n) is 7.12. The van der Waals surface area contributed by atoms with Crippen LogP contribution in [0, 0.1) is 0 Å². The predicted octanol–water partition coefficient (Wildman–Crippen LogP) is 6.74. The Bertz CT molecular complexity index is 1160. The Labute approximate surface area is 177 Å². The Morgan fingerprint density at radius 1 is 0.833 bits per heavy atom. The summed E-state index contributed by atoms with van der Waals surface area (Å²) in [7, 11) is 1.66. The van der Waals surface area contributed by atoms with E-state index in [1.54, 1.807) is 7.11 Å². The first-order chi connectivity index (χ1) is 14.8. The highest BCUT2D eigenvalue weighted by Gasteiger charge is 2.07. The van der Waals surface area contributed by atoms with Crippen LogP contribution in [-0.4, -0.2) is 13.3 Å². The zero-order chi connectivity index (χ0) is 20.8. The minimum absolute atomic E-state index is 0.481. The van der Waals surface area contributed by atoms with Crippen LogP contribution in [0.1, 0.15) is 23.6 Å². The summed E-state index contributed by atoms with van der Waals surface area (Å²) in [4.78, 5) is 4.56. The molecule has 0 unspecified atom stereocenters. The largest absolute Gasteiger partial charge is 0.493 e. The molecule has 0 spiro atoms. The molecule has 0 fully saturated rings. The molecule has 4 rings (SSSR count). The van der Waals surface area contributed by atoms with Crippen molar-refractivity contribution in [2.45, 2.75) is 20.0 Å². The van der Waals surface area contributed by atoms with E-state index in [4.69, 9.17) is 9.47 Å². The second kappa shape index (κ2) is 9.27. The van der Waals surface area contributed by atoms with Gasteiger partial charge in [0.25, 0.3) is 0 Å². The fourth-order valence-electron chi connectivity index (χ4n) is 3.42. The van der Waals surface area contributed by atoms with Gasteiger partial charge in [0.2, 0.25) is 0 Å². The van der Waals surface area contributed by atoms with Gasteiger partial charge in [-0.15, -0.1) is 0 Å². The molecule has 3 nitrogen and oxygen atoms in total. The second-order valence-corrected chi connectivity index (χ2v) is 7.12. The van der Waals surface area contributed by atoms with Crippen molar-refractivity contribution in [3.8, 4) is 11.5 Å². The van der Waals surface area contributed by atoms with Crippen molar-refractivity contribution in [3.63, 3.8) is 0 Å². The van der Waals surface area contributed by atoms with Gasteiger partial charge in [0, 0.05) is 6.21 Å². The first kappa shape index (κ1) is 19.7. The van der Waals surface area contributed by atoms with Gasteiger partial charge in [-0.1, -0.05) is 61.5 Å². The summed E-state index contributed by atoms with van der Waals surface area (Å²) in [6, 6.07) is 28.8. The summed E-state index contributed by atoms with van der Waals surface area (Å²) in [5.74, 6) is 1.41. The molecule has 0 heterocycles. The quantitative estimate of drug-likeness (QED) is 0.324. The van der Waals surface area contributed by atoms with Crippen LogP contribution in [0.2, 0.25) is 0 Å². The van der Waals surface area contributed by atoms with Gasteiger partial charge in [0.05, 0.1) is 12.8 Å². The third kappa shape index (κ3) is 4.52. The number of nitrogens with zero attached hydrogens (tertiary/aromatic N) is 1. The van der Waals surface area contributed by atoms with E-state index >= 15 is 0 Å². The minimum Gasteiger partial charge on any atom is -0.493 e. The molecule has 0 aromatic heterocycles. The number of methoxy groups -OCH3 is 1. The number of hydrogen-bond donors (Lipinski definition) is 0. The van der Waals surface area contributed by atoms with Crippen LogP contribution in [0.5, 0.6) is 11.5 Å². The van der Waals surface area contributed by atoms with E-state index in [9.17, 15) is 0 Å². The maximum absolute atomic E-state index is 6.10. The predicted molar refractivity (Wildman–Crippen MR) is 124 cm³/mol. The molecule has 4 aromatic carbocycles. The van der Waals surface area contributed by atoms with Crippen LogP contribution in [0.15, 0.2) is 89.9 Å². The Kier molecular flexibility index (Phi) is 6.09. The van der Waals surface area contributed by atoms with E-state index in [-0.39, 0.29) is 0 Å². The summed E-state index contributed by atoms with van der Waals surface area (Å²) < 4.78 is 11.7. The molecule has 3 heteroatoms. The van der Waals surface area contributed by atoms with Crippen LogP contribution < -0.4 is 9.47 Å². The van der Waals surface area contributed by atoms with Gasteiger partial charge in [0.1, 0.15) is 6.61 Å². The van der Waals surface area contributed by atoms with Gasteiger partial charge >= 0.3 is 0 Å². The summed E-state index contributed by atoms with van der Waals surface area (Å²) >= 11 is 0. The number of fused-ring (bicyclic) bond motifs is 1. The number of aliphatic imine (C=N–C) groups is 1. The maximum atomic E-state index is 6.10. The molecule has 0 saturated heterocycles.